The highest BCUT2D eigenvalue weighted by molar-refractivity contribution is 7.89. The molecule has 2 rings (SSSR count). The number of nitrogens with zero attached hydrogens (tertiary/aromatic N) is 2. The Balaban J connectivity index is 0.00000364. The summed E-state index contributed by atoms with van der Waals surface area (Å²) in [6, 6.07) is 4.98. The van der Waals surface area contributed by atoms with Crippen molar-refractivity contribution < 1.29 is 13.2 Å². The predicted molar refractivity (Wildman–Crippen MR) is 111 cm³/mol. The van der Waals surface area contributed by atoms with Crippen LogP contribution in [0.2, 0.25) is 0 Å². The van der Waals surface area contributed by atoms with Crippen LogP contribution in [0.25, 0.3) is 0 Å². The van der Waals surface area contributed by atoms with Crippen LogP contribution in [0.4, 0.5) is 5.69 Å². The largest absolute Gasteiger partial charge is 0.371 e. The molecule has 0 aromatic heterocycles. The Bertz CT molecular complexity index is 734. The second-order valence-electron chi connectivity index (χ2n) is 6.83. The first-order chi connectivity index (χ1) is 12.3. The quantitative estimate of drug-likeness (QED) is 0.671. The number of amides is 1. The maximum atomic E-state index is 12.8. The van der Waals surface area contributed by atoms with Gasteiger partial charge in [-0.05, 0) is 44.5 Å². The molecule has 1 amide bonds. The third-order valence-electron chi connectivity index (χ3n) is 4.56. The summed E-state index contributed by atoms with van der Waals surface area (Å²) in [6.07, 6.45) is 2.16. The molecule has 1 saturated heterocycles. The van der Waals surface area contributed by atoms with Crippen LogP contribution in [-0.4, -0.2) is 64.9 Å². The van der Waals surface area contributed by atoms with Gasteiger partial charge in [-0.15, -0.1) is 12.4 Å². The Labute approximate surface area is 168 Å². The summed E-state index contributed by atoms with van der Waals surface area (Å²) < 4.78 is 26.1. The second-order valence-corrected chi connectivity index (χ2v) is 8.98. The van der Waals surface area contributed by atoms with Gasteiger partial charge in [0.1, 0.15) is 0 Å². The molecule has 0 unspecified atom stereocenters. The lowest BCUT2D eigenvalue weighted by molar-refractivity contribution is 0.0950. The lowest BCUT2D eigenvalue weighted by Gasteiger charge is -2.23. The van der Waals surface area contributed by atoms with E-state index in [2.05, 4.69) is 15.5 Å². The van der Waals surface area contributed by atoms with Crippen molar-refractivity contribution in [1.29, 1.82) is 0 Å². The van der Waals surface area contributed by atoms with E-state index in [1.54, 1.807) is 12.1 Å². The van der Waals surface area contributed by atoms with Gasteiger partial charge in [-0.2, -0.15) is 0 Å². The molecule has 1 aromatic rings. The zero-order valence-corrected chi connectivity index (χ0v) is 18.1. The summed E-state index contributed by atoms with van der Waals surface area (Å²) in [5.74, 6) is -0.243. The van der Waals surface area contributed by atoms with Crippen LogP contribution in [0, 0.1) is 0 Å². The highest BCUT2D eigenvalue weighted by Gasteiger charge is 2.24. The highest BCUT2D eigenvalue weighted by Crippen LogP contribution is 2.28. The molecular formula is C18H31ClN4O3S. The van der Waals surface area contributed by atoms with Gasteiger partial charge in [0, 0.05) is 45.5 Å². The molecule has 0 bridgehead atoms. The zero-order chi connectivity index (χ0) is 19.3. The molecule has 9 heteroatoms. The molecule has 1 aliphatic heterocycles. The van der Waals surface area contributed by atoms with Crippen LogP contribution in [0.15, 0.2) is 23.1 Å². The van der Waals surface area contributed by atoms with E-state index in [1.165, 1.54) is 20.2 Å². The lowest BCUT2D eigenvalue weighted by Crippen LogP contribution is -2.39. The average molecular weight is 419 g/mol. The molecule has 0 radical (unpaired) electrons. The van der Waals surface area contributed by atoms with Crippen molar-refractivity contribution in [2.45, 2.75) is 37.6 Å². The van der Waals surface area contributed by atoms with Crippen molar-refractivity contribution in [3.8, 4) is 0 Å². The van der Waals surface area contributed by atoms with Crippen molar-refractivity contribution in [3.05, 3.63) is 23.8 Å². The van der Waals surface area contributed by atoms with Gasteiger partial charge >= 0.3 is 0 Å². The number of hydrogen-bond acceptors (Lipinski definition) is 5. The second kappa shape index (κ2) is 10.3. The van der Waals surface area contributed by atoms with Gasteiger partial charge in [0.15, 0.2) is 0 Å². The van der Waals surface area contributed by atoms with E-state index in [0.717, 1.165) is 42.5 Å². The predicted octanol–water partition coefficient (Wildman–Crippen LogP) is 1.69. The first-order valence-electron chi connectivity index (χ1n) is 9.10. The number of sulfonamides is 1. The minimum Gasteiger partial charge on any atom is -0.371 e. The fourth-order valence-electron chi connectivity index (χ4n) is 3.06. The SMILES string of the molecule is CCN[C@H](C)CNC(=O)c1cc(S(=O)(=O)N(C)C)ccc1N1CCCC1.Cl. The number of carbonyl (C=O) groups is 1. The monoisotopic (exact) mass is 418 g/mol. The van der Waals surface area contributed by atoms with Crippen LogP contribution in [0.5, 0.6) is 0 Å². The van der Waals surface area contributed by atoms with Gasteiger partial charge in [0.05, 0.1) is 10.5 Å². The Morgan fingerprint density at radius 2 is 1.89 bits per heavy atom. The standard InChI is InChI=1S/C18H30N4O3S.ClH/c1-5-19-14(2)13-20-18(23)16-12-15(26(24,25)21(3)4)8-9-17(16)22-10-6-7-11-22;/h8-9,12,14,19H,5-7,10-11,13H2,1-4H3,(H,20,23);1H/t14-;/m1./s1. The molecule has 1 heterocycles. The smallest absolute Gasteiger partial charge is 0.253 e. The first kappa shape index (κ1) is 23.7. The number of anilines is 1. The number of halogens is 1. The maximum absolute atomic E-state index is 12.8. The molecule has 1 aromatic carbocycles. The van der Waals surface area contributed by atoms with Gasteiger partial charge < -0.3 is 15.5 Å². The van der Waals surface area contributed by atoms with Gasteiger partial charge in [0.2, 0.25) is 10.0 Å². The Morgan fingerprint density at radius 1 is 1.26 bits per heavy atom. The van der Waals surface area contributed by atoms with Gasteiger partial charge in [-0.3, -0.25) is 4.79 Å². The molecule has 27 heavy (non-hydrogen) atoms. The molecule has 0 spiro atoms. The van der Waals surface area contributed by atoms with Crippen LogP contribution in [0.3, 0.4) is 0 Å². The van der Waals surface area contributed by atoms with Crippen molar-refractivity contribution in [3.63, 3.8) is 0 Å². The van der Waals surface area contributed by atoms with Crippen molar-refractivity contribution >= 4 is 34.0 Å². The molecule has 1 fully saturated rings. The minimum absolute atomic E-state index is 0. The number of rotatable bonds is 8. The molecule has 0 saturated carbocycles. The molecular weight excluding hydrogens is 388 g/mol. The van der Waals surface area contributed by atoms with Crippen molar-refractivity contribution in [1.82, 2.24) is 14.9 Å². The Hall–Kier alpha value is -1.35. The molecule has 7 nitrogen and oxygen atoms in total. The number of likely N-dealkylation sites (N-methyl/N-ethyl adjacent to an activating group) is 1. The van der Waals surface area contributed by atoms with Crippen LogP contribution in [0.1, 0.15) is 37.0 Å². The van der Waals surface area contributed by atoms with E-state index in [1.807, 2.05) is 13.8 Å². The molecule has 0 aliphatic carbocycles. The van der Waals surface area contributed by atoms with E-state index >= 15 is 0 Å². The molecule has 1 atom stereocenters. The van der Waals surface area contributed by atoms with Gasteiger partial charge in [0.25, 0.3) is 5.91 Å². The van der Waals surface area contributed by atoms with Gasteiger partial charge in [-0.1, -0.05) is 6.92 Å². The number of hydrogen-bond donors (Lipinski definition) is 2. The Morgan fingerprint density at radius 3 is 2.44 bits per heavy atom. The van der Waals surface area contributed by atoms with Crippen molar-refractivity contribution in [2.75, 3.05) is 45.2 Å². The summed E-state index contributed by atoms with van der Waals surface area (Å²) in [5.41, 5.74) is 1.22. The summed E-state index contributed by atoms with van der Waals surface area (Å²) in [5, 5.41) is 6.16. The number of nitrogens with one attached hydrogen (secondary N) is 2. The third kappa shape index (κ3) is 5.81. The lowest BCUT2D eigenvalue weighted by atomic mass is 10.1. The summed E-state index contributed by atoms with van der Waals surface area (Å²) in [4.78, 5) is 15.1. The number of benzene rings is 1. The minimum atomic E-state index is -3.59. The van der Waals surface area contributed by atoms with E-state index in [-0.39, 0.29) is 29.3 Å². The number of carbonyl (C=O) groups excluding carboxylic acids is 1. The topological polar surface area (TPSA) is 81.7 Å². The normalized spacial score (nSPS) is 15.5. The molecule has 2 N–H and O–H groups in total. The van der Waals surface area contributed by atoms with Crippen LogP contribution < -0.4 is 15.5 Å². The summed E-state index contributed by atoms with van der Waals surface area (Å²) >= 11 is 0. The third-order valence-corrected chi connectivity index (χ3v) is 6.37. The van der Waals surface area contributed by atoms with E-state index in [9.17, 15) is 13.2 Å². The summed E-state index contributed by atoms with van der Waals surface area (Å²) in [7, 11) is -0.615. The van der Waals surface area contributed by atoms with Crippen molar-refractivity contribution in [2.24, 2.45) is 0 Å². The summed E-state index contributed by atoms with van der Waals surface area (Å²) in [6.45, 7) is 7.09. The van der Waals surface area contributed by atoms with Crippen LogP contribution in [-0.2, 0) is 10.0 Å². The molecule has 154 valence electrons. The highest BCUT2D eigenvalue weighted by atomic mass is 35.5. The van der Waals surface area contributed by atoms with E-state index in [0.29, 0.717) is 12.1 Å². The zero-order valence-electron chi connectivity index (χ0n) is 16.5. The molecule has 1 aliphatic rings. The average Bonchev–Trinajstić information content (AvgIpc) is 3.13. The first-order valence-corrected chi connectivity index (χ1v) is 10.5. The van der Waals surface area contributed by atoms with Crippen LogP contribution >= 0.6 is 12.4 Å². The fourth-order valence-corrected chi connectivity index (χ4v) is 3.99. The van der Waals surface area contributed by atoms with E-state index < -0.39 is 10.0 Å². The Kier molecular flexibility index (Phi) is 9.01. The maximum Gasteiger partial charge on any atom is 0.253 e. The fraction of sp³-hybridized carbons (Fsp3) is 0.611. The van der Waals surface area contributed by atoms with Gasteiger partial charge in [-0.25, -0.2) is 12.7 Å². The van der Waals surface area contributed by atoms with E-state index in [4.69, 9.17) is 0 Å².